The fourth-order valence-electron chi connectivity index (χ4n) is 5.96. The Kier molecular flexibility index (Phi) is 10.6. The van der Waals surface area contributed by atoms with Crippen molar-refractivity contribution in [3.8, 4) is 23.0 Å². The Morgan fingerprint density at radius 2 is 1.20 bits per heavy atom. The largest absolute Gasteiger partial charge is 0.478 e. The molecule has 1 heterocycles. The number of carboxylic acid groups (broad SMARTS) is 1. The summed E-state index contributed by atoms with van der Waals surface area (Å²) in [5.74, 6) is -19.4. The highest BCUT2D eigenvalue weighted by atomic mass is 32.2. The van der Waals surface area contributed by atoms with Crippen molar-refractivity contribution >= 4 is 37.6 Å². The molecule has 1 aliphatic heterocycles. The van der Waals surface area contributed by atoms with E-state index in [1.165, 1.54) is 0 Å². The number of carboxylic acids is 1. The molecule has 0 aromatic heterocycles. The molecule has 27 heteroatoms. The Hall–Kier alpha value is -7.03. The van der Waals surface area contributed by atoms with Crippen LogP contribution in [0.15, 0.2) is 82.6 Å². The molecule has 1 N–H and O–H groups in total. The highest BCUT2D eigenvalue weighted by Crippen LogP contribution is 2.53. The lowest BCUT2D eigenvalue weighted by molar-refractivity contribution is -0.388. The van der Waals surface area contributed by atoms with Crippen LogP contribution in [0.25, 0.3) is 0 Å². The minimum absolute atomic E-state index is 0.0172. The number of fused-ring (bicyclic) bond motifs is 2. The van der Waals surface area contributed by atoms with E-state index in [4.69, 9.17) is 4.74 Å². The number of hydrogen-bond acceptors (Lipinski definition) is 12. The zero-order chi connectivity index (χ0) is 45.3. The minimum Gasteiger partial charge on any atom is -0.478 e. The van der Waals surface area contributed by atoms with Gasteiger partial charge in [-0.15, -0.1) is 0 Å². The lowest BCUT2D eigenvalue weighted by Gasteiger charge is -2.31. The van der Waals surface area contributed by atoms with E-state index in [0.29, 0.717) is 0 Å². The predicted octanol–water partition coefficient (Wildman–Crippen LogP) is 8.62. The van der Waals surface area contributed by atoms with E-state index >= 15 is 17.6 Å². The van der Waals surface area contributed by atoms with Crippen LogP contribution in [0.5, 0.6) is 23.0 Å². The van der Waals surface area contributed by atoms with Crippen molar-refractivity contribution in [2.24, 2.45) is 0 Å². The first-order chi connectivity index (χ1) is 28.2. The number of aromatic carboxylic acids is 1. The quantitative estimate of drug-likeness (QED) is 0.0590. The highest BCUT2D eigenvalue weighted by Gasteiger charge is 2.43. The number of ether oxygens (including phenoxy) is 1. The van der Waals surface area contributed by atoms with Gasteiger partial charge < -0.3 is 18.2 Å². The molecular weight excluding hydrogens is 898 g/mol. The van der Waals surface area contributed by atoms with Crippen molar-refractivity contribution in [1.82, 2.24) is 0 Å². The highest BCUT2D eigenvalue weighted by molar-refractivity contribution is 7.87. The molecule has 61 heavy (non-hydrogen) atoms. The molecule has 320 valence electrons. The third-order valence-electron chi connectivity index (χ3n) is 8.53. The lowest BCUT2D eigenvalue weighted by Crippen LogP contribution is -2.21. The van der Waals surface area contributed by atoms with E-state index in [0.717, 1.165) is 24.3 Å². The topological polar surface area (TPSA) is 220 Å². The van der Waals surface area contributed by atoms with Gasteiger partial charge in [0.15, 0.2) is 32.9 Å². The van der Waals surface area contributed by atoms with Gasteiger partial charge in [-0.05, 0) is 48.0 Å². The van der Waals surface area contributed by atoms with Gasteiger partial charge in [0.1, 0.15) is 5.82 Å². The van der Waals surface area contributed by atoms with Gasteiger partial charge in [0.05, 0.1) is 26.5 Å². The smallest absolute Gasteiger partial charge is 0.416 e. The zero-order valence-electron chi connectivity index (χ0n) is 28.8. The summed E-state index contributed by atoms with van der Waals surface area (Å²) in [6, 6.07) is 4.30. The van der Waals surface area contributed by atoms with Gasteiger partial charge in [0.25, 0.3) is 5.69 Å². The molecule has 0 amide bonds. The maximum absolute atomic E-state index is 16.5. The molecule has 0 saturated carbocycles. The van der Waals surface area contributed by atoms with Gasteiger partial charge >= 0.3 is 44.2 Å². The number of hydrogen-bond donors (Lipinski definition) is 1. The average Bonchev–Trinajstić information content (AvgIpc) is 3.14. The van der Waals surface area contributed by atoms with Crippen LogP contribution in [0.4, 0.5) is 55.3 Å². The standard InChI is InChI=1S/C34H14F10N2O13S2/c35-19-11-17-25(15-3-1-2-4-16(15)32(47)48)18-12-20(36)31(61(55,56)58-23-7-5-13(33(39,40)41)9-21(23)45(49)50)27(38)29(18)57-28(17)26(37)30(19)59-60(53,54)24-8-6-14(34(42,43)44)10-22(24)46(51)52/h1-12,25H,(H,47,48). The van der Waals surface area contributed by atoms with Crippen LogP contribution < -0.4 is 13.1 Å². The van der Waals surface area contributed by atoms with Gasteiger partial charge in [0, 0.05) is 29.2 Å². The first kappa shape index (κ1) is 43.5. The summed E-state index contributed by atoms with van der Waals surface area (Å²) in [5.41, 5.74) is -9.98. The summed E-state index contributed by atoms with van der Waals surface area (Å²) < 4.78 is 211. The number of halogens is 10. The van der Waals surface area contributed by atoms with Crippen molar-refractivity contribution in [1.29, 1.82) is 0 Å². The molecule has 0 saturated heterocycles. The van der Waals surface area contributed by atoms with Crippen LogP contribution in [0, 0.1) is 43.5 Å². The molecule has 1 atom stereocenters. The fraction of sp³-hybridized carbons (Fsp3) is 0.0882. The number of benzene rings is 5. The lowest BCUT2D eigenvalue weighted by atomic mass is 9.80. The Labute approximate surface area is 331 Å². The molecule has 0 radical (unpaired) electrons. The van der Waals surface area contributed by atoms with Crippen LogP contribution in [0.2, 0.25) is 0 Å². The van der Waals surface area contributed by atoms with Crippen molar-refractivity contribution in [3.05, 3.63) is 150 Å². The molecule has 0 aliphatic carbocycles. The monoisotopic (exact) mass is 912 g/mol. The number of rotatable bonds is 10. The number of nitro benzene ring substituents is 2. The molecule has 5 aromatic rings. The SMILES string of the molecule is O=C(O)c1ccccc1C1c2cc(F)c(OS(=O)(=O)c3ccc(C(F)(F)F)cc3[N+](=O)[O-])c(F)c2Oc2c1cc(F)c(S(=O)(=O)Oc1ccc(C(F)(F)F)cc1[N+](=O)[O-])c2F. The predicted molar refractivity (Wildman–Crippen MR) is 179 cm³/mol. The van der Waals surface area contributed by atoms with Gasteiger partial charge in [-0.25, -0.2) is 18.0 Å². The van der Waals surface area contributed by atoms with Crippen molar-refractivity contribution in [2.45, 2.75) is 28.1 Å². The number of nitrogens with zero attached hydrogens (tertiary/aromatic N) is 2. The minimum atomic E-state index is -6.09. The maximum Gasteiger partial charge on any atom is 0.416 e. The maximum atomic E-state index is 16.5. The van der Waals surface area contributed by atoms with E-state index in [9.17, 15) is 73.3 Å². The Morgan fingerprint density at radius 1 is 0.672 bits per heavy atom. The fourth-order valence-corrected chi connectivity index (χ4v) is 8.12. The van der Waals surface area contributed by atoms with E-state index in [2.05, 4.69) is 8.37 Å². The van der Waals surface area contributed by atoms with Gasteiger partial charge in [-0.3, -0.25) is 20.2 Å². The van der Waals surface area contributed by atoms with E-state index < -0.39 is 155 Å². The molecule has 0 spiro atoms. The average molecular weight is 913 g/mol. The van der Waals surface area contributed by atoms with Crippen molar-refractivity contribution < 1.29 is 93.6 Å². The Bertz CT molecular complexity index is 2960. The number of nitro groups is 2. The molecule has 6 rings (SSSR count). The zero-order valence-corrected chi connectivity index (χ0v) is 30.5. The third kappa shape index (κ3) is 7.90. The summed E-state index contributed by atoms with van der Waals surface area (Å²) in [4.78, 5) is 28.3. The molecule has 0 fully saturated rings. The summed E-state index contributed by atoms with van der Waals surface area (Å²) >= 11 is 0. The van der Waals surface area contributed by atoms with Gasteiger partial charge in [-0.2, -0.15) is 47.6 Å². The van der Waals surface area contributed by atoms with Crippen LogP contribution in [-0.4, -0.2) is 37.8 Å². The summed E-state index contributed by atoms with van der Waals surface area (Å²) in [7, 11) is -12.0. The van der Waals surface area contributed by atoms with E-state index in [-0.39, 0.29) is 48.5 Å². The molecule has 5 aromatic carbocycles. The summed E-state index contributed by atoms with van der Waals surface area (Å²) in [6.07, 6.45) is -10.5. The molecule has 0 bridgehead atoms. The van der Waals surface area contributed by atoms with Crippen molar-refractivity contribution in [2.75, 3.05) is 0 Å². The second-order valence-electron chi connectivity index (χ2n) is 12.2. The van der Waals surface area contributed by atoms with Crippen LogP contribution in [-0.2, 0) is 32.6 Å². The number of carbonyl (C=O) groups is 1. The summed E-state index contributed by atoms with van der Waals surface area (Å²) in [6.45, 7) is 0. The van der Waals surface area contributed by atoms with Gasteiger partial charge in [-0.1, -0.05) is 18.2 Å². The van der Waals surface area contributed by atoms with E-state index in [1.54, 1.807) is 0 Å². The third-order valence-corrected chi connectivity index (χ3v) is 11.1. The van der Waals surface area contributed by atoms with Crippen LogP contribution >= 0.6 is 0 Å². The van der Waals surface area contributed by atoms with Crippen LogP contribution in [0.1, 0.15) is 44.1 Å². The normalized spacial score (nSPS) is 14.0. The van der Waals surface area contributed by atoms with Crippen LogP contribution in [0.3, 0.4) is 0 Å². The second-order valence-corrected chi connectivity index (χ2v) is 15.2. The molecule has 1 aliphatic rings. The first-order valence-electron chi connectivity index (χ1n) is 15.8. The second kappa shape index (κ2) is 14.9. The van der Waals surface area contributed by atoms with Crippen molar-refractivity contribution in [3.63, 3.8) is 0 Å². The molecule has 1 unspecified atom stereocenters. The first-order valence-corrected chi connectivity index (χ1v) is 18.6. The Balaban J connectivity index is 1.55. The molecule has 15 nitrogen and oxygen atoms in total. The van der Waals surface area contributed by atoms with E-state index in [1.807, 2.05) is 0 Å². The number of alkyl halides is 6. The Morgan fingerprint density at radius 3 is 1.75 bits per heavy atom. The van der Waals surface area contributed by atoms with Gasteiger partial charge in [0.2, 0.25) is 17.3 Å². The molecular formula is C34H14F10N2O13S2. The summed E-state index contributed by atoms with van der Waals surface area (Å²) in [5, 5.41) is 33.0.